The highest BCUT2D eigenvalue weighted by atomic mass is 16.4. The van der Waals surface area contributed by atoms with Gasteiger partial charge < -0.3 is 10.4 Å². The molecule has 1 amide bonds. The van der Waals surface area contributed by atoms with Crippen molar-refractivity contribution < 1.29 is 14.7 Å². The quantitative estimate of drug-likeness (QED) is 0.710. The van der Waals surface area contributed by atoms with E-state index in [-0.39, 0.29) is 18.9 Å². The fourth-order valence-electron chi connectivity index (χ4n) is 0.827. The zero-order valence-corrected chi connectivity index (χ0v) is 7.36. The maximum absolute atomic E-state index is 11.3. The Bertz CT molecular complexity index is 324. The fourth-order valence-corrected chi connectivity index (χ4v) is 0.827. The van der Waals surface area contributed by atoms with Gasteiger partial charge in [-0.25, -0.2) is 0 Å². The van der Waals surface area contributed by atoms with E-state index in [2.05, 4.69) is 16.4 Å². The summed E-state index contributed by atoms with van der Waals surface area (Å²) in [6.07, 6.45) is 2.79. The Labute approximate surface area is 80.8 Å². The Kier molecular flexibility index (Phi) is 3.60. The molecule has 1 aromatic heterocycles. The lowest BCUT2D eigenvalue weighted by molar-refractivity contribution is -0.136. The number of amides is 1. The van der Waals surface area contributed by atoms with Crippen LogP contribution in [0.3, 0.4) is 0 Å². The number of pyridine rings is 1. The van der Waals surface area contributed by atoms with Crippen molar-refractivity contribution in [2.45, 2.75) is 6.42 Å². The van der Waals surface area contributed by atoms with Gasteiger partial charge in [-0.2, -0.15) is 0 Å². The number of carbonyl (C=O) groups excluding carboxylic acids is 1. The van der Waals surface area contributed by atoms with Crippen LogP contribution in [0.15, 0.2) is 18.5 Å². The third-order valence-electron chi connectivity index (χ3n) is 1.47. The molecule has 2 N–H and O–H groups in total. The standard InChI is InChI=1S/C9H9N2O3/c12-8(13)3-5-11-9(14)7-2-1-4-10-6-7/h1,4,6H,3,5H2,(H,11,14)(H,12,13). The van der Waals surface area contributed by atoms with Crippen LogP contribution in [-0.4, -0.2) is 28.5 Å². The highest BCUT2D eigenvalue weighted by Crippen LogP contribution is 1.93. The Morgan fingerprint density at radius 3 is 2.93 bits per heavy atom. The van der Waals surface area contributed by atoms with E-state index >= 15 is 0 Å². The minimum atomic E-state index is -0.944. The summed E-state index contributed by atoms with van der Waals surface area (Å²) in [4.78, 5) is 25.1. The Hall–Kier alpha value is -1.91. The lowest BCUT2D eigenvalue weighted by Gasteiger charge is -2.01. The van der Waals surface area contributed by atoms with Crippen molar-refractivity contribution in [1.29, 1.82) is 0 Å². The van der Waals surface area contributed by atoms with Crippen LogP contribution in [0.1, 0.15) is 16.8 Å². The van der Waals surface area contributed by atoms with Crippen LogP contribution in [0.2, 0.25) is 0 Å². The smallest absolute Gasteiger partial charge is 0.305 e. The third kappa shape index (κ3) is 3.22. The van der Waals surface area contributed by atoms with Gasteiger partial charge in [0.05, 0.1) is 12.0 Å². The molecule has 0 bridgehead atoms. The predicted octanol–water partition coefficient (Wildman–Crippen LogP) is 0.0863. The lowest BCUT2D eigenvalue weighted by atomic mass is 10.2. The highest BCUT2D eigenvalue weighted by Gasteiger charge is 2.05. The second kappa shape index (κ2) is 4.96. The van der Waals surface area contributed by atoms with Gasteiger partial charge >= 0.3 is 5.97 Å². The second-order valence-electron chi connectivity index (χ2n) is 2.55. The minimum Gasteiger partial charge on any atom is -0.481 e. The molecule has 1 rings (SSSR count). The molecule has 0 aromatic carbocycles. The molecule has 5 heteroatoms. The van der Waals surface area contributed by atoms with Gasteiger partial charge in [-0.1, -0.05) is 0 Å². The van der Waals surface area contributed by atoms with E-state index < -0.39 is 5.97 Å². The Balaban J connectivity index is 2.40. The van der Waals surface area contributed by atoms with Gasteiger partial charge in [0.1, 0.15) is 0 Å². The number of aromatic nitrogens is 1. The monoisotopic (exact) mass is 193 g/mol. The van der Waals surface area contributed by atoms with Gasteiger partial charge in [-0.15, -0.1) is 0 Å². The first-order valence-electron chi connectivity index (χ1n) is 4.02. The number of carbonyl (C=O) groups is 2. The van der Waals surface area contributed by atoms with Gasteiger partial charge in [0.2, 0.25) is 0 Å². The number of aliphatic carboxylic acids is 1. The molecule has 0 unspecified atom stereocenters. The summed E-state index contributed by atoms with van der Waals surface area (Å²) >= 11 is 0. The summed E-state index contributed by atoms with van der Waals surface area (Å²) in [5, 5.41) is 10.8. The molecule has 0 aliphatic rings. The van der Waals surface area contributed by atoms with Gasteiger partial charge in [0, 0.05) is 18.9 Å². The summed E-state index contributed by atoms with van der Waals surface area (Å²) in [5.41, 5.74) is 0.304. The van der Waals surface area contributed by atoms with Gasteiger partial charge in [0.25, 0.3) is 5.91 Å². The first-order chi connectivity index (χ1) is 6.70. The molecule has 73 valence electrons. The van der Waals surface area contributed by atoms with Crippen LogP contribution in [0.5, 0.6) is 0 Å². The Morgan fingerprint density at radius 2 is 2.36 bits per heavy atom. The molecule has 1 radical (unpaired) electrons. The molecule has 1 heterocycles. The molecule has 5 nitrogen and oxygen atoms in total. The Morgan fingerprint density at radius 1 is 1.57 bits per heavy atom. The lowest BCUT2D eigenvalue weighted by Crippen LogP contribution is -2.26. The van der Waals surface area contributed by atoms with Crippen molar-refractivity contribution in [3.63, 3.8) is 0 Å². The van der Waals surface area contributed by atoms with Crippen LogP contribution >= 0.6 is 0 Å². The van der Waals surface area contributed by atoms with Crippen molar-refractivity contribution in [3.8, 4) is 0 Å². The SMILES string of the molecule is O=C(O)CCNC(=O)c1[c]ccnc1. The van der Waals surface area contributed by atoms with E-state index in [1.54, 1.807) is 0 Å². The maximum Gasteiger partial charge on any atom is 0.305 e. The van der Waals surface area contributed by atoms with E-state index in [0.29, 0.717) is 5.56 Å². The number of carboxylic acids is 1. The second-order valence-corrected chi connectivity index (χ2v) is 2.55. The first-order valence-corrected chi connectivity index (χ1v) is 4.02. The van der Waals surface area contributed by atoms with Crippen LogP contribution in [0, 0.1) is 6.07 Å². The third-order valence-corrected chi connectivity index (χ3v) is 1.47. The molecular weight excluding hydrogens is 184 g/mol. The van der Waals surface area contributed by atoms with Gasteiger partial charge in [-0.3, -0.25) is 14.6 Å². The summed E-state index contributed by atoms with van der Waals surface area (Å²) in [6.45, 7) is 0.108. The molecule has 0 saturated heterocycles. The average Bonchev–Trinajstić information content (AvgIpc) is 2.18. The molecule has 0 saturated carbocycles. The summed E-state index contributed by atoms with van der Waals surface area (Å²) in [7, 11) is 0. The fraction of sp³-hybridized carbons (Fsp3) is 0.222. The van der Waals surface area contributed by atoms with E-state index in [9.17, 15) is 9.59 Å². The van der Waals surface area contributed by atoms with Crippen molar-refractivity contribution in [2.75, 3.05) is 6.54 Å². The number of nitrogens with zero attached hydrogens (tertiary/aromatic N) is 1. The summed E-state index contributed by atoms with van der Waals surface area (Å²) < 4.78 is 0. The minimum absolute atomic E-state index is 0.0913. The number of nitrogens with one attached hydrogen (secondary N) is 1. The zero-order chi connectivity index (χ0) is 10.4. The first kappa shape index (κ1) is 10.2. The van der Waals surface area contributed by atoms with Crippen molar-refractivity contribution in [2.24, 2.45) is 0 Å². The van der Waals surface area contributed by atoms with Crippen LogP contribution in [0.25, 0.3) is 0 Å². The van der Waals surface area contributed by atoms with E-state index in [0.717, 1.165) is 0 Å². The van der Waals surface area contributed by atoms with Crippen LogP contribution in [0.4, 0.5) is 0 Å². The van der Waals surface area contributed by atoms with Gasteiger partial charge in [-0.05, 0) is 12.1 Å². The molecular formula is C9H9N2O3. The van der Waals surface area contributed by atoms with Crippen molar-refractivity contribution in [3.05, 3.63) is 30.1 Å². The van der Waals surface area contributed by atoms with Crippen LogP contribution in [-0.2, 0) is 4.79 Å². The molecule has 14 heavy (non-hydrogen) atoms. The number of rotatable bonds is 4. The summed E-state index contributed by atoms with van der Waals surface area (Å²) in [5.74, 6) is -1.31. The van der Waals surface area contributed by atoms with Crippen molar-refractivity contribution >= 4 is 11.9 Å². The van der Waals surface area contributed by atoms with Gasteiger partial charge in [0.15, 0.2) is 0 Å². The maximum atomic E-state index is 11.3. The zero-order valence-electron chi connectivity index (χ0n) is 7.36. The largest absolute Gasteiger partial charge is 0.481 e. The van der Waals surface area contributed by atoms with Crippen LogP contribution < -0.4 is 5.32 Å². The predicted molar refractivity (Wildman–Crippen MR) is 47.7 cm³/mol. The molecule has 0 spiro atoms. The average molecular weight is 193 g/mol. The number of carboxylic acid groups (broad SMARTS) is 1. The topological polar surface area (TPSA) is 79.3 Å². The normalized spacial score (nSPS) is 9.43. The molecule has 0 fully saturated rings. The number of hydrogen-bond acceptors (Lipinski definition) is 3. The van der Waals surface area contributed by atoms with E-state index in [4.69, 9.17) is 5.11 Å². The van der Waals surface area contributed by atoms with E-state index in [1.807, 2.05) is 0 Å². The molecule has 0 aliphatic heterocycles. The molecule has 1 aromatic rings. The molecule has 0 aliphatic carbocycles. The number of hydrogen-bond donors (Lipinski definition) is 2. The van der Waals surface area contributed by atoms with E-state index in [1.165, 1.54) is 18.5 Å². The van der Waals surface area contributed by atoms with Crippen molar-refractivity contribution in [1.82, 2.24) is 10.3 Å². The summed E-state index contributed by atoms with van der Waals surface area (Å²) in [6, 6.07) is 4.20. The highest BCUT2D eigenvalue weighted by molar-refractivity contribution is 5.93. The molecule has 0 atom stereocenters.